The first kappa shape index (κ1) is 27.3. The SMILES string of the molecule is O=C(NCCO)C1=CC(Oc2ccccc2I)C(O)C(N(C(=O)C2CCOC2)C2CCCCCC2)C1. The quantitative estimate of drug-likeness (QED) is 0.308. The molecular formula is C27H37IN2O6. The van der Waals surface area contributed by atoms with Crippen LogP contribution in [0.15, 0.2) is 35.9 Å². The Morgan fingerprint density at radius 2 is 1.89 bits per heavy atom. The van der Waals surface area contributed by atoms with Crippen molar-refractivity contribution in [3.8, 4) is 5.75 Å². The summed E-state index contributed by atoms with van der Waals surface area (Å²) in [5.41, 5.74) is 0.462. The number of aliphatic hydroxyl groups excluding tert-OH is 2. The lowest BCUT2D eigenvalue weighted by molar-refractivity contribution is -0.147. The third kappa shape index (κ3) is 6.59. The first-order chi connectivity index (χ1) is 17.5. The van der Waals surface area contributed by atoms with Crippen LogP contribution in [0.25, 0.3) is 0 Å². The molecule has 1 saturated carbocycles. The van der Waals surface area contributed by atoms with Gasteiger partial charge in [0.1, 0.15) is 18.0 Å². The van der Waals surface area contributed by atoms with Crippen molar-refractivity contribution in [1.29, 1.82) is 0 Å². The molecule has 0 spiro atoms. The highest BCUT2D eigenvalue weighted by Crippen LogP contribution is 2.34. The van der Waals surface area contributed by atoms with Crippen molar-refractivity contribution >= 4 is 34.4 Å². The van der Waals surface area contributed by atoms with Crippen LogP contribution in [0.1, 0.15) is 51.4 Å². The lowest BCUT2D eigenvalue weighted by atomic mass is 9.85. The van der Waals surface area contributed by atoms with Crippen LogP contribution in [-0.2, 0) is 14.3 Å². The fraction of sp³-hybridized carbons (Fsp3) is 0.630. The van der Waals surface area contributed by atoms with Gasteiger partial charge in [0.05, 0.1) is 28.7 Å². The van der Waals surface area contributed by atoms with Crippen molar-refractivity contribution in [3.63, 3.8) is 0 Å². The number of amides is 2. The van der Waals surface area contributed by atoms with Gasteiger partial charge in [-0.3, -0.25) is 9.59 Å². The highest BCUT2D eigenvalue weighted by Gasteiger charge is 2.44. The van der Waals surface area contributed by atoms with Crippen molar-refractivity contribution < 1.29 is 29.3 Å². The molecule has 1 heterocycles. The molecule has 2 aliphatic carbocycles. The molecule has 4 rings (SSSR count). The number of halogens is 1. The van der Waals surface area contributed by atoms with Crippen molar-refractivity contribution in [3.05, 3.63) is 39.5 Å². The smallest absolute Gasteiger partial charge is 0.247 e. The maximum atomic E-state index is 13.9. The molecule has 2 fully saturated rings. The van der Waals surface area contributed by atoms with Gasteiger partial charge >= 0.3 is 0 Å². The summed E-state index contributed by atoms with van der Waals surface area (Å²) in [5, 5.41) is 23.6. The van der Waals surface area contributed by atoms with Crippen LogP contribution in [0.4, 0.5) is 0 Å². The first-order valence-electron chi connectivity index (χ1n) is 13.1. The Balaban J connectivity index is 1.67. The second-order valence-electron chi connectivity index (χ2n) is 9.90. The lowest BCUT2D eigenvalue weighted by Gasteiger charge is -2.45. The Morgan fingerprint density at radius 1 is 1.14 bits per heavy atom. The molecule has 4 atom stereocenters. The number of para-hydroxylation sites is 1. The van der Waals surface area contributed by atoms with Gasteiger partial charge in [-0.05, 0) is 60.1 Å². The molecule has 1 saturated heterocycles. The summed E-state index contributed by atoms with van der Waals surface area (Å²) in [7, 11) is 0. The number of ether oxygens (including phenoxy) is 2. The van der Waals surface area contributed by atoms with Crippen LogP contribution in [0.3, 0.4) is 0 Å². The van der Waals surface area contributed by atoms with E-state index in [-0.39, 0.29) is 43.3 Å². The Morgan fingerprint density at radius 3 is 2.56 bits per heavy atom. The van der Waals surface area contributed by atoms with E-state index in [2.05, 4.69) is 27.9 Å². The van der Waals surface area contributed by atoms with Crippen molar-refractivity contribution in [2.75, 3.05) is 26.4 Å². The molecule has 4 unspecified atom stereocenters. The molecule has 9 heteroatoms. The van der Waals surface area contributed by atoms with Gasteiger partial charge < -0.3 is 29.9 Å². The Hall–Kier alpha value is -1.69. The van der Waals surface area contributed by atoms with Gasteiger partial charge in [-0.25, -0.2) is 0 Å². The highest BCUT2D eigenvalue weighted by atomic mass is 127. The molecule has 198 valence electrons. The zero-order chi connectivity index (χ0) is 25.5. The third-order valence-corrected chi connectivity index (χ3v) is 8.31. The van der Waals surface area contributed by atoms with Gasteiger partial charge in [0, 0.05) is 31.2 Å². The Bertz CT molecular complexity index is 927. The number of hydrogen-bond donors (Lipinski definition) is 3. The molecular weight excluding hydrogens is 575 g/mol. The van der Waals surface area contributed by atoms with E-state index in [1.807, 2.05) is 29.2 Å². The van der Waals surface area contributed by atoms with Crippen molar-refractivity contribution in [1.82, 2.24) is 10.2 Å². The number of aliphatic hydroxyl groups is 2. The van der Waals surface area contributed by atoms with Crippen LogP contribution in [0, 0.1) is 9.49 Å². The van der Waals surface area contributed by atoms with E-state index < -0.39 is 18.2 Å². The largest absolute Gasteiger partial charge is 0.482 e. The summed E-state index contributed by atoms with van der Waals surface area (Å²) in [6.07, 6.45) is 6.94. The molecule has 1 aromatic carbocycles. The summed E-state index contributed by atoms with van der Waals surface area (Å²) in [6.45, 7) is 0.930. The number of hydrogen-bond acceptors (Lipinski definition) is 6. The molecule has 36 heavy (non-hydrogen) atoms. The molecule has 1 aromatic rings. The van der Waals surface area contributed by atoms with Crippen LogP contribution in [-0.4, -0.2) is 77.6 Å². The van der Waals surface area contributed by atoms with Gasteiger partial charge in [-0.1, -0.05) is 37.8 Å². The average molecular weight is 613 g/mol. The number of benzene rings is 1. The van der Waals surface area contributed by atoms with Crippen LogP contribution >= 0.6 is 22.6 Å². The number of carbonyl (C=O) groups excluding carboxylic acids is 2. The van der Waals surface area contributed by atoms with E-state index in [1.165, 1.54) is 0 Å². The molecule has 8 nitrogen and oxygen atoms in total. The molecule has 3 aliphatic rings. The number of nitrogens with zero attached hydrogens (tertiary/aromatic N) is 1. The molecule has 2 amide bonds. The number of rotatable bonds is 8. The van der Waals surface area contributed by atoms with Gasteiger partial charge in [0.25, 0.3) is 0 Å². The summed E-state index contributed by atoms with van der Waals surface area (Å²) >= 11 is 2.18. The maximum absolute atomic E-state index is 13.9. The monoisotopic (exact) mass is 612 g/mol. The number of nitrogens with one attached hydrogen (secondary N) is 1. The minimum atomic E-state index is -0.995. The van der Waals surface area contributed by atoms with E-state index in [0.29, 0.717) is 31.0 Å². The summed E-state index contributed by atoms with van der Waals surface area (Å²) in [5.74, 6) is 0.0847. The van der Waals surface area contributed by atoms with Crippen LogP contribution in [0.5, 0.6) is 5.75 Å². The fourth-order valence-corrected chi connectivity index (χ4v) is 6.04. The topological polar surface area (TPSA) is 108 Å². The average Bonchev–Trinajstić information content (AvgIpc) is 3.30. The van der Waals surface area contributed by atoms with Crippen molar-refractivity contribution in [2.24, 2.45) is 5.92 Å². The summed E-state index contributed by atoms with van der Waals surface area (Å²) in [6, 6.07) is 6.95. The van der Waals surface area contributed by atoms with E-state index in [4.69, 9.17) is 9.47 Å². The number of carbonyl (C=O) groups is 2. The Kier molecular flexibility index (Phi) is 10.0. The van der Waals surface area contributed by atoms with Crippen LogP contribution in [0.2, 0.25) is 0 Å². The fourth-order valence-electron chi connectivity index (χ4n) is 5.53. The lowest BCUT2D eigenvalue weighted by Crippen LogP contribution is -2.59. The predicted molar refractivity (Wildman–Crippen MR) is 143 cm³/mol. The molecule has 3 N–H and O–H groups in total. The molecule has 0 radical (unpaired) electrons. The zero-order valence-electron chi connectivity index (χ0n) is 20.6. The first-order valence-corrected chi connectivity index (χ1v) is 14.2. The second kappa shape index (κ2) is 13.2. The summed E-state index contributed by atoms with van der Waals surface area (Å²) < 4.78 is 12.7. The normalized spacial score (nSPS) is 27.1. The van der Waals surface area contributed by atoms with E-state index in [9.17, 15) is 19.8 Å². The minimum Gasteiger partial charge on any atom is -0.482 e. The second-order valence-corrected chi connectivity index (χ2v) is 11.1. The van der Waals surface area contributed by atoms with Gasteiger partial charge in [0.15, 0.2) is 0 Å². The van der Waals surface area contributed by atoms with Crippen LogP contribution < -0.4 is 10.1 Å². The zero-order valence-corrected chi connectivity index (χ0v) is 22.8. The summed E-state index contributed by atoms with van der Waals surface area (Å²) in [4.78, 5) is 28.8. The minimum absolute atomic E-state index is 0.00788. The van der Waals surface area contributed by atoms with E-state index in [1.54, 1.807) is 6.08 Å². The highest BCUT2D eigenvalue weighted by molar-refractivity contribution is 14.1. The van der Waals surface area contributed by atoms with Gasteiger partial charge in [-0.2, -0.15) is 0 Å². The molecule has 0 aromatic heterocycles. The molecule has 1 aliphatic heterocycles. The standard InChI is InChI=1S/C27H37IN2O6/c28-21-9-5-6-10-23(21)36-24-16-19(26(33)29-12-13-31)15-22(25(24)32)30(20-7-3-1-2-4-8-20)27(34)18-11-14-35-17-18/h5-6,9-10,16,18,20,22,24-25,31-32H,1-4,7-8,11-15,17H2,(H,29,33). The third-order valence-electron chi connectivity index (χ3n) is 7.42. The predicted octanol–water partition coefficient (Wildman–Crippen LogP) is 2.79. The van der Waals surface area contributed by atoms with E-state index >= 15 is 0 Å². The van der Waals surface area contributed by atoms with Gasteiger partial charge in [-0.15, -0.1) is 0 Å². The maximum Gasteiger partial charge on any atom is 0.247 e. The van der Waals surface area contributed by atoms with Gasteiger partial charge in [0.2, 0.25) is 11.8 Å². The van der Waals surface area contributed by atoms with E-state index in [0.717, 1.165) is 42.1 Å². The Labute approximate surface area is 226 Å². The molecule has 0 bridgehead atoms. The van der Waals surface area contributed by atoms with Crippen molar-refractivity contribution in [2.45, 2.75) is 75.7 Å².